The summed E-state index contributed by atoms with van der Waals surface area (Å²) in [5, 5.41) is 12.3. The number of H-pyrrole nitrogens is 1. The summed E-state index contributed by atoms with van der Waals surface area (Å²) in [6.07, 6.45) is 2.03. The van der Waals surface area contributed by atoms with Crippen LogP contribution in [0.1, 0.15) is 41.1 Å². The Morgan fingerprint density at radius 1 is 1.24 bits per heavy atom. The summed E-state index contributed by atoms with van der Waals surface area (Å²) in [5.74, 6) is -0.517. The van der Waals surface area contributed by atoms with Gasteiger partial charge in [0.05, 0.1) is 15.2 Å². The Morgan fingerprint density at radius 2 is 2.03 bits per heavy atom. The largest absolute Gasteiger partial charge is 0.480 e. The van der Waals surface area contributed by atoms with Crippen molar-refractivity contribution in [3.63, 3.8) is 0 Å². The third kappa shape index (κ3) is 3.22. The van der Waals surface area contributed by atoms with Crippen LogP contribution in [0.2, 0.25) is 0 Å². The molecule has 2 atom stereocenters. The van der Waals surface area contributed by atoms with Crippen LogP contribution < -0.4 is 0 Å². The van der Waals surface area contributed by atoms with E-state index in [-0.39, 0.29) is 5.92 Å². The van der Waals surface area contributed by atoms with Crippen molar-refractivity contribution < 1.29 is 9.90 Å². The van der Waals surface area contributed by atoms with Gasteiger partial charge in [-0.15, -0.1) is 11.3 Å². The predicted molar refractivity (Wildman–Crippen MR) is 117 cm³/mol. The third-order valence-electron chi connectivity index (χ3n) is 5.93. The summed E-state index contributed by atoms with van der Waals surface area (Å²) in [7, 11) is 0. The van der Waals surface area contributed by atoms with Crippen molar-refractivity contribution in [3.8, 4) is 0 Å². The van der Waals surface area contributed by atoms with Crippen LogP contribution in [0.5, 0.6) is 0 Å². The predicted octanol–water partition coefficient (Wildman–Crippen LogP) is 5.09. The second-order valence-electron chi connectivity index (χ2n) is 7.80. The van der Waals surface area contributed by atoms with E-state index in [1.54, 1.807) is 11.3 Å². The van der Waals surface area contributed by atoms with Crippen molar-refractivity contribution in [3.05, 3.63) is 64.8 Å². The van der Waals surface area contributed by atoms with Crippen molar-refractivity contribution in [2.24, 2.45) is 0 Å². The Hall–Kier alpha value is -2.70. The number of aliphatic carboxylic acids is 1. The number of nitrogens with zero attached hydrogens (tertiary/aromatic N) is 2. The number of aryl methyl sites for hydroxylation is 1. The van der Waals surface area contributed by atoms with E-state index in [0.717, 1.165) is 58.6 Å². The minimum absolute atomic E-state index is 0.272. The lowest BCUT2D eigenvalue weighted by molar-refractivity contribution is -0.144. The van der Waals surface area contributed by atoms with E-state index in [0.29, 0.717) is 0 Å². The number of rotatable bonds is 4. The van der Waals surface area contributed by atoms with Crippen molar-refractivity contribution in [1.82, 2.24) is 14.9 Å². The fourth-order valence-corrected chi connectivity index (χ4v) is 5.71. The van der Waals surface area contributed by atoms with Gasteiger partial charge in [0.1, 0.15) is 6.04 Å². The van der Waals surface area contributed by atoms with Gasteiger partial charge >= 0.3 is 5.97 Å². The van der Waals surface area contributed by atoms with Gasteiger partial charge in [-0.05, 0) is 44.5 Å². The number of para-hydroxylation sites is 2. The lowest BCUT2D eigenvalue weighted by Crippen LogP contribution is -2.41. The number of likely N-dealkylation sites (tertiary alicyclic amines) is 1. The number of hydrogen-bond donors (Lipinski definition) is 2. The highest BCUT2D eigenvalue weighted by molar-refractivity contribution is 7.18. The van der Waals surface area contributed by atoms with Crippen LogP contribution in [0.25, 0.3) is 21.1 Å². The van der Waals surface area contributed by atoms with E-state index >= 15 is 0 Å². The Labute approximate surface area is 173 Å². The molecule has 0 bridgehead atoms. The van der Waals surface area contributed by atoms with Crippen LogP contribution in [0.4, 0.5) is 0 Å². The van der Waals surface area contributed by atoms with E-state index in [2.05, 4.69) is 16.0 Å². The molecule has 1 aliphatic heterocycles. The summed E-state index contributed by atoms with van der Waals surface area (Å²) < 4.78 is 1.20. The molecular formula is C23H23N3O2S. The average Bonchev–Trinajstić information content (AvgIpc) is 3.30. The Morgan fingerprint density at radius 3 is 2.86 bits per heavy atom. The molecule has 1 saturated heterocycles. The highest BCUT2D eigenvalue weighted by atomic mass is 32.1. The zero-order valence-electron chi connectivity index (χ0n) is 16.3. The normalized spacial score (nSPS) is 19.0. The molecule has 0 radical (unpaired) electrons. The van der Waals surface area contributed by atoms with Crippen LogP contribution in [0, 0.1) is 6.92 Å². The molecule has 6 heteroatoms. The lowest BCUT2D eigenvalue weighted by Gasteiger charge is -2.36. The molecule has 0 aliphatic carbocycles. The summed E-state index contributed by atoms with van der Waals surface area (Å²) in [6.45, 7) is 3.48. The third-order valence-corrected chi connectivity index (χ3v) is 7.13. The Bertz CT molecular complexity index is 1160. The first-order valence-corrected chi connectivity index (χ1v) is 10.8. The Balaban J connectivity index is 1.50. The minimum Gasteiger partial charge on any atom is -0.480 e. The van der Waals surface area contributed by atoms with Gasteiger partial charge in [-0.1, -0.05) is 30.3 Å². The summed E-state index contributed by atoms with van der Waals surface area (Å²) in [4.78, 5) is 22.7. The van der Waals surface area contributed by atoms with Gasteiger partial charge in [0.2, 0.25) is 0 Å². The molecule has 2 aromatic carbocycles. The molecule has 2 unspecified atom stereocenters. The number of fused-ring (bicyclic) bond motifs is 2. The highest BCUT2D eigenvalue weighted by Crippen LogP contribution is 2.38. The standard InChI is InChI=1S/C23H23N3O2S/c1-14-20(16-8-2-3-9-17(16)24-14)21(23(27)28)26-12-6-7-15(13-26)22-25-18-10-4-5-11-19(18)29-22/h2-5,8-11,15,21,24H,6-7,12-13H2,1H3,(H,27,28). The van der Waals surface area contributed by atoms with Gasteiger partial charge in [0, 0.05) is 34.6 Å². The fourth-order valence-electron chi connectivity index (χ4n) is 4.62. The SMILES string of the molecule is Cc1[nH]c2ccccc2c1C(C(=O)O)N1CCCC(c2nc3ccccc3s2)C1. The molecule has 0 spiro atoms. The number of benzene rings is 2. The van der Waals surface area contributed by atoms with Crippen LogP contribution in [0.15, 0.2) is 48.5 Å². The summed E-state index contributed by atoms with van der Waals surface area (Å²) >= 11 is 1.74. The first-order chi connectivity index (χ1) is 14.1. The smallest absolute Gasteiger partial charge is 0.325 e. The monoisotopic (exact) mass is 405 g/mol. The zero-order chi connectivity index (χ0) is 20.0. The number of carboxylic acid groups (broad SMARTS) is 1. The molecule has 148 valence electrons. The topological polar surface area (TPSA) is 69.2 Å². The molecule has 29 heavy (non-hydrogen) atoms. The number of carboxylic acids is 1. The minimum atomic E-state index is -0.789. The first kappa shape index (κ1) is 18.3. The van der Waals surface area contributed by atoms with Crippen LogP contribution in [0.3, 0.4) is 0 Å². The molecule has 2 N–H and O–H groups in total. The average molecular weight is 406 g/mol. The zero-order valence-corrected chi connectivity index (χ0v) is 17.1. The van der Waals surface area contributed by atoms with E-state index in [9.17, 15) is 9.90 Å². The van der Waals surface area contributed by atoms with Gasteiger partial charge in [0.15, 0.2) is 0 Å². The Kier molecular flexibility index (Phi) is 4.60. The van der Waals surface area contributed by atoms with Crippen LogP contribution >= 0.6 is 11.3 Å². The molecule has 0 saturated carbocycles. The van der Waals surface area contributed by atoms with Crippen LogP contribution in [-0.2, 0) is 4.79 Å². The number of nitrogens with one attached hydrogen (secondary N) is 1. The van der Waals surface area contributed by atoms with E-state index in [1.165, 1.54) is 4.70 Å². The molecule has 2 aromatic heterocycles. The van der Waals surface area contributed by atoms with E-state index in [1.807, 2.05) is 49.4 Å². The van der Waals surface area contributed by atoms with Crippen LogP contribution in [-0.4, -0.2) is 39.0 Å². The van der Waals surface area contributed by atoms with Crippen molar-refractivity contribution in [2.45, 2.75) is 31.7 Å². The molecule has 1 aliphatic rings. The fraction of sp³-hybridized carbons (Fsp3) is 0.304. The summed E-state index contributed by atoms with van der Waals surface area (Å²) in [6, 6.07) is 15.5. The number of aromatic amines is 1. The quantitative estimate of drug-likeness (QED) is 0.496. The second kappa shape index (κ2) is 7.28. The number of carbonyl (C=O) groups is 1. The van der Waals surface area contributed by atoms with Gasteiger partial charge in [0.25, 0.3) is 0 Å². The second-order valence-corrected chi connectivity index (χ2v) is 8.87. The van der Waals surface area contributed by atoms with Crippen molar-refractivity contribution in [2.75, 3.05) is 13.1 Å². The van der Waals surface area contributed by atoms with Gasteiger partial charge < -0.3 is 10.1 Å². The number of aromatic nitrogens is 2. The molecular weight excluding hydrogens is 382 g/mol. The molecule has 1 fully saturated rings. The van der Waals surface area contributed by atoms with Gasteiger partial charge in [-0.2, -0.15) is 0 Å². The highest BCUT2D eigenvalue weighted by Gasteiger charge is 2.35. The molecule has 0 amide bonds. The molecule has 3 heterocycles. The van der Waals surface area contributed by atoms with Gasteiger partial charge in [-0.25, -0.2) is 4.98 Å². The van der Waals surface area contributed by atoms with Crippen molar-refractivity contribution in [1.29, 1.82) is 0 Å². The maximum Gasteiger partial charge on any atom is 0.325 e. The van der Waals surface area contributed by atoms with E-state index < -0.39 is 12.0 Å². The molecule has 4 aromatic rings. The summed E-state index contributed by atoms with van der Waals surface area (Å²) in [5.41, 5.74) is 3.84. The first-order valence-electron chi connectivity index (χ1n) is 10.0. The lowest BCUT2D eigenvalue weighted by atomic mass is 9.94. The maximum absolute atomic E-state index is 12.4. The number of hydrogen-bond acceptors (Lipinski definition) is 4. The maximum atomic E-state index is 12.4. The van der Waals surface area contributed by atoms with Gasteiger partial charge in [-0.3, -0.25) is 9.69 Å². The number of thiazole rings is 1. The van der Waals surface area contributed by atoms with Crippen molar-refractivity contribution >= 4 is 38.4 Å². The number of piperidine rings is 1. The van der Waals surface area contributed by atoms with E-state index in [4.69, 9.17) is 4.98 Å². The molecule has 5 rings (SSSR count). The molecule has 5 nitrogen and oxygen atoms in total.